The van der Waals surface area contributed by atoms with Crippen LogP contribution < -0.4 is 9.47 Å². The van der Waals surface area contributed by atoms with Crippen molar-refractivity contribution in [3.8, 4) is 11.5 Å². The van der Waals surface area contributed by atoms with Crippen molar-refractivity contribution in [1.82, 2.24) is 0 Å². The maximum atomic E-state index is 5.70. The monoisotopic (exact) mass is 262 g/mol. The minimum absolute atomic E-state index is 0.674. The first kappa shape index (κ1) is 13.0. The van der Waals surface area contributed by atoms with Crippen LogP contribution in [0.15, 0.2) is 35.7 Å². The van der Waals surface area contributed by atoms with Crippen molar-refractivity contribution in [3.05, 3.63) is 46.2 Å². The van der Waals surface area contributed by atoms with E-state index in [-0.39, 0.29) is 0 Å². The van der Waals surface area contributed by atoms with Crippen LogP contribution in [0, 0.1) is 0 Å². The molecule has 2 rings (SSSR count). The number of thiophene rings is 1. The lowest BCUT2D eigenvalue weighted by Crippen LogP contribution is -1.99. The summed E-state index contributed by atoms with van der Waals surface area (Å²) in [6.07, 6.45) is 0.916. The van der Waals surface area contributed by atoms with Crippen LogP contribution in [-0.4, -0.2) is 13.2 Å². The number of ether oxygens (including phenoxy) is 2. The lowest BCUT2D eigenvalue weighted by Gasteiger charge is -2.12. The molecule has 1 aromatic heterocycles. The summed E-state index contributed by atoms with van der Waals surface area (Å²) in [6, 6.07) is 10.3. The van der Waals surface area contributed by atoms with E-state index < -0.39 is 0 Å². The van der Waals surface area contributed by atoms with E-state index in [2.05, 4.69) is 23.6 Å². The molecule has 0 atom stereocenters. The van der Waals surface area contributed by atoms with Crippen LogP contribution in [0.5, 0.6) is 11.5 Å². The molecule has 0 radical (unpaired) electrons. The Balaban J connectivity index is 2.22. The highest BCUT2D eigenvalue weighted by atomic mass is 32.1. The lowest BCUT2D eigenvalue weighted by atomic mass is 10.1. The number of benzene rings is 1. The van der Waals surface area contributed by atoms with E-state index in [4.69, 9.17) is 9.47 Å². The molecular formula is C15H18O2S. The third-order valence-corrected chi connectivity index (χ3v) is 3.47. The van der Waals surface area contributed by atoms with Gasteiger partial charge in [0.05, 0.1) is 13.2 Å². The van der Waals surface area contributed by atoms with Crippen molar-refractivity contribution in [3.63, 3.8) is 0 Å². The molecule has 0 saturated heterocycles. The highest BCUT2D eigenvalue weighted by Gasteiger charge is 2.07. The van der Waals surface area contributed by atoms with Crippen LogP contribution in [0.2, 0.25) is 0 Å². The zero-order valence-corrected chi connectivity index (χ0v) is 11.6. The average Bonchev–Trinajstić information content (AvgIpc) is 2.86. The lowest BCUT2D eigenvalue weighted by molar-refractivity contribution is 0.321. The molecule has 0 N–H and O–H groups in total. The zero-order chi connectivity index (χ0) is 12.8. The summed E-state index contributed by atoms with van der Waals surface area (Å²) in [4.78, 5) is 1.35. The van der Waals surface area contributed by atoms with Crippen molar-refractivity contribution in [2.75, 3.05) is 13.2 Å². The molecule has 1 aromatic carbocycles. The first-order valence-electron chi connectivity index (χ1n) is 6.24. The Labute approximate surface area is 112 Å². The highest BCUT2D eigenvalue weighted by molar-refractivity contribution is 7.09. The van der Waals surface area contributed by atoms with Gasteiger partial charge in [0.1, 0.15) is 11.5 Å². The van der Waals surface area contributed by atoms with E-state index in [0.29, 0.717) is 13.2 Å². The van der Waals surface area contributed by atoms with E-state index in [1.54, 1.807) is 11.3 Å². The molecule has 0 spiro atoms. The third-order valence-electron chi connectivity index (χ3n) is 2.59. The molecule has 2 aromatic rings. The van der Waals surface area contributed by atoms with Crippen molar-refractivity contribution < 1.29 is 9.47 Å². The average molecular weight is 262 g/mol. The number of rotatable bonds is 6. The Bertz CT molecular complexity index is 477. The van der Waals surface area contributed by atoms with Gasteiger partial charge in [-0.25, -0.2) is 0 Å². The van der Waals surface area contributed by atoms with Crippen LogP contribution in [-0.2, 0) is 6.42 Å². The molecule has 96 valence electrons. The SMILES string of the molecule is CCOc1ccc(Cc2cccs2)c(OCC)c1. The molecule has 0 amide bonds. The van der Waals surface area contributed by atoms with E-state index in [1.807, 2.05) is 26.0 Å². The Kier molecular flexibility index (Phi) is 4.65. The molecule has 2 nitrogen and oxygen atoms in total. The zero-order valence-electron chi connectivity index (χ0n) is 10.8. The van der Waals surface area contributed by atoms with Gasteiger partial charge in [0.15, 0.2) is 0 Å². The van der Waals surface area contributed by atoms with Gasteiger partial charge in [0.2, 0.25) is 0 Å². The van der Waals surface area contributed by atoms with Crippen LogP contribution >= 0.6 is 11.3 Å². The topological polar surface area (TPSA) is 18.5 Å². The first-order valence-corrected chi connectivity index (χ1v) is 7.12. The summed E-state index contributed by atoms with van der Waals surface area (Å²) >= 11 is 1.77. The van der Waals surface area contributed by atoms with Crippen molar-refractivity contribution in [2.45, 2.75) is 20.3 Å². The summed E-state index contributed by atoms with van der Waals surface area (Å²) in [5.74, 6) is 1.80. The van der Waals surface area contributed by atoms with Gasteiger partial charge in [-0.05, 0) is 36.9 Å². The maximum Gasteiger partial charge on any atom is 0.126 e. The fourth-order valence-corrected chi connectivity index (χ4v) is 2.56. The quantitative estimate of drug-likeness (QED) is 0.779. The van der Waals surface area contributed by atoms with Crippen molar-refractivity contribution >= 4 is 11.3 Å². The molecule has 0 unspecified atom stereocenters. The maximum absolute atomic E-state index is 5.70. The fourth-order valence-electron chi connectivity index (χ4n) is 1.83. The Hall–Kier alpha value is -1.48. The molecule has 3 heteroatoms. The minimum Gasteiger partial charge on any atom is -0.494 e. The van der Waals surface area contributed by atoms with Gasteiger partial charge in [0, 0.05) is 17.4 Å². The van der Waals surface area contributed by atoms with Gasteiger partial charge >= 0.3 is 0 Å². The van der Waals surface area contributed by atoms with Gasteiger partial charge in [-0.3, -0.25) is 0 Å². The highest BCUT2D eigenvalue weighted by Crippen LogP contribution is 2.28. The minimum atomic E-state index is 0.674. The number of hydrogen-bond acceptors (Lipinski definition) is 3. The molecule has 1 heterocycles. The van der Waals surface area contributed by atoms with Gasteiger partial charge in [-0.15, -0.1) is 11.3 Å². The van der Waals surface area contributed by atoms with Gasteiger partial charge in [-0.1, -0.05) is 12.1 Å². The second-order valence-electron chi connectivity index (χ2n) is 3.89. The van der Waals surface area contributed by atoms with E-state index in [9.17, 15) is 0 Å². The predicted octanol–water partition coefficient (Wildman–Crippen LogP) is 4.14. The molecule has 0 aliphatic heterocycles. The molecule has 0 aliphatic rings. The van der Waals surface area contributed by atoms with Gasteiger partial charge < -0.3 is 9.47 Å². The van der Waals surface area contributed by atoms with Gasteiger partial charge in [0.25, 0.3) is 0 Å². The normalized spacial score (nSPS) is 10.3. The summed E-state index contributed by atoms with van der Waals surface area (Å²) in [6.45, 7) is 5.34. The molecule has 18 heavy (non-hydrogen) atoms. The standard InChI is InChI=1S/C15H18O2S/c1-3-16-13-8-7-12(15(11-13)17-4-2)10-14-6-5-9-18-14/h5-9,11H,3-4,10H2,1-2H3. The third kappa shape index (κ3) is 3.26. The van der Waals surface area contributed by atoms with Crippen molar-refractivity contribution in [2.24, 2.45) is 0 Å². The smallest absolute Gasteiger partial charge is 0.126 e. The van der Waals surface area contributed by atoms with Crippen LogP contribution in [0.1, 0.15) is 24.3 Å². The Morgan fingerprint density at radius 1 is 1.06 bits per heavy atom. The predicted molar refractivity (Wildman–Crippen MR) is 75.9 cm³/mol. The molecular weight excluding hydrogens is 244 g/mol. The summed E-state index contributed by atoms with van der Waals surface area (Å²) in [7, 11) is 0. The molecule has 0 fully saturated rings. The molecule has 0 bridgehead atoms. The number of hydrogen-bond donors (Lipinski definition) is 0. The summed E-state index contributed by atoms with van der Waals surface area (Å²) in [5, 5.41) is 2.10. The van der Waals surface area contributed by atoms with Gasteiger partial charge in [-0.2, -0.15) is 0 Å². The van der Waals surface area contributed by atoms with E-state index in [1.165, 1.54) is 10.4 Å². The molecule has 0 saturated carbocycles. The molecule has 0 aliphatic carbocycles. The summed E-state index contributed by atoms with van der Waals surface area (Å²) < 4.78 is 11.2. The van der Waals surface area contributed by atoms with E-state index >= 15 is 0 Å². The Morgan fingerprint density at radius 3 is 2.56 bits per heavy atom. The largest absolute Gasteiger partial charge is 0.494 e. The van der Waals surface area contributed by atoms with Crippen molar-refractivity contribution in [1.29, 1.82) is 0 Å². The first-order chi connectivity index (χ1) is 8.83. The Morgan fingerprint density at radius 2 is 1.89 bits per heavy atom. The van der Waals surface area contributed by atoms with Crippen LogP contribution in [0.25, 0.3) is 0 Å². The van der Waals surface area contributed by atoms with Crippen LogP contribution in [0.4, 0.5) is 0 Å². The summed E-state index contributed by atoms with van der Waals surface area (Å²) in [5.41, 5.74) is 1.21. The fraction of sp³-hybridized carbons (Fsp3) is 0.333. The van der Waals surface area contributed by atoms with E-state index in [0.717, 1.165) is 17.9 Å². The second kappa shape index (κ2) is 6.45. The van der Waals surface area contributed by atoms with Crippen LogP contribution in [0.3, 0.4) is 0 Å². The second-order valence-corrected chi connectivity index (χ2v) is 4.92.